The quantitative estimate of drug-likeness (QED) is 0.708. The summed E-state index contributed by atoms with van der Waals surface area (Å²) in [6.07, 6.45) is 1.42. The third-order valence-corrected chi connectivity index (χ3v) is 2.78. The van der Waals surface area contributed by atoms with Crippen molar-refractivity contribution in [3.05, 3.63) is 28.2 Å². The number of hydrogen-bond acceptors (Lipinski definition) is 4. The molecule has 0 spiro atoms. The van der Waals surface area contributed by atoms with Crippen molar-refractivity contribution >= 4 is 10.0 Å². The number of sulfonamides is 1. The number of nitrogens with two attached hydrogens (primary N) is 1. The molecule has 1 heterocycles. The molecule has 0 bridgehead atoms. The van der Waals surface area contributed by atoms with Gasteiger partial charge in [0.1, 0.15) is 0 Å². The molecule has 0 fully saturated rings. The van der Waals surface area contributed by atoms with Gasteiger partial charge < -0.3 is 9.67 Å². The van der Waals surface area contributed by atoms with Gasteiger partial charge in [-0.25, -0.2) is 13.6 Å². The summed E-state index contributed by atoms with van der Waals surface area (Å²) in [5.41, 5.74) is -0.162. The Hall–Kier alpha value is -1.34. The number of hydrogen-bond donors (Lipinski definition) is 2. The van der Waals surface area contributed by atoms with Gasteiger partial charge in [-0.15, -0.1) is 0 Å². The molecule has 1 aromatic heterocycles. The van der Waals surface area contributed by atoms with Crippen molar-refractivity contribution in [3.63, 3.8) is 0 Å². The van der Waals surface area contributed by atoms with Crippen LogP contribution in [0.3, 0.4) is 0 Å². The summed E-state index contributed by atoms with van der Waals surface area (Å²) in [5.74, 6) is -0.609. The molecule has 15 heavy (non-hydrogen) atoms. The molecule has 0 aliphatic rings. The van der Waals surface area contributed by atoms with Crippen LogP contribution in [-0.4, -0.2) is 23.8 Å². The van der Waals surface area contributed by atoms with Gasteiger partial charge in [0, 0.05) is 18.8 Å². The van der Waals surface area contributed by atoms with Crippen LogP contribution in [-0.2, 0) is 16.6 Å². The van der Waals surface area contributed by atoms with Crippen molar-refractivity contribution < 1.29 is 13.5 Å². The third kappa shape index (κ3) is 3.07. The molecular weight excluding hydrogens is 220 g/mol. The van der Waals surface area contributed by atoms with Crippen LogP contribution >= 0.6 is 0 Å². The molecule has 0 atom stereocenters. The fourth-order valence-corrected chi connectivity index (χ4v) is 1.58. The Bertz CT molecular complexity index is 518. The van der Waals surface area contributed by atoms with Gasteiger partial charge in [0.15, 0.2) is 5.75 Å². The molecule has 84 valence electrons. The number of aromatic nitrogens is 1. The maximum Gasteiger partial charge on any atom is 0.223 e. The second kappa shape index (κ2) is 4.03. The lowest BCUT2D eigenvalue weighted by Crippen LogP contribution is -2.22. The fourth-order valence-electron chi connectivity index (χ4n) is 1.13. The van der Waals surface area contributed by atoms with Crippen molar-refractivity contribution in [2.75, 3.05) is 5.75 Å². The summed E-state index contributed by atoms with van der Waals surface area (Å²) in [4.78, 5) is 11.0. The first-order valence-corrected chi connectivity index (χ1v) is 5.92. The Balaban J connectivity index is 2.98. The van der Waals surface area contributed by atoms with E-state index in [9.17, 15) is 18.3 Å². The Morgan fingerprint density at radius 3 is 2.67 bits per heavy atom. The molecule has 7 heteroatoms. The van der Waals surface area contributed by atoms with E-state index < -0.39 is 15.5 Å². The standard InChI is InChI=1S/C8H12N2O4S/c1-6-8(12)7(11)2-3-10(6)4-5-15(9,13)14/h2-3,12H,4-5H2,1H3,(H2,9,13,14). The van der Waals surface area contributed by atoms with Crippen LogP contribution < -0.4 is 10.6 Å². The molecule has 0 aliphatic carbocycles. The maximum absolute atomic E-state index is 11.0. The average molecular weight is 232 g/mol. The monoisotopic (exact) mass is 232 g/mol. The molecule has 6 nitrogen and oxygen atoms in total. The smallest absolute Gasteiger partial charge is 0.223 e. The lowest BCUT2D eigenvalue weighted by molar-refractivity contribution is 0.454. The van der Waals surface area contributed by atoms with Crippen molar-refractivity contribution in [3.8, 4) is 5.75 Å². The van der Waals surface area contributed by atoms with Gasteiger partial charge in [0.2, 0.25) is 15.5 Å². The van der Waals surface area contributed by atoms with Crippen LogP contribution in [0.15, 0.2) is 17.1 Å². The number of nitrogens with zero attached hydrogens (tertiary/aromatic N) is 1. The van der Waals surface area contributed by atoms with E-state index in [1.165, 1.54) is 23.8 Å². The molecule has 0 saturated heterocycles. The lowest BCUT2D eigenvalue weighted by atomic mass is 10.3. The normalized spacial score (nSPS) is 11.6. The summed E-state index contributed by atoms with van der Waals surface area (Å²) < 4.78 is 22.9. The predicted octanol–water partition coefficient (Wildman–Crippen LogP) is -0.849. The Morgan fingerprint density at radius 2 is 2.13 bits per heavy atom. The summed E-state index contributed by atoms with van der Waals surface area (Å²) in [5, 5.41) is 14.1. The number of pyridine rings is 1. The zero-order chi connectivity index (χ0) is 11.6. The first-order valence-electron chi connectivity index (χ1n) is 4.21. The number of aromatic hydroxyl groups is 1. The highest BCUT2D eigenvalue weighted by atomic mass is 32.2. The van der Waals surface area contributed by atoms with Crippen molar-refractivity contribution in [1.29, 1.82) is 0 Å². The second-order valence-electron chi connectivity index (χ2n) is 3.17. The molecule has 0 amide bonds. The largest absolute Gasteiger partial charge is 0.503 e. The van der Waals surface area contributed by atoms with E-state index >= 15 is 0 Å². The van der Waals surface area contributed by atoms with Gasteiger partial charge in [0.25, 0.3) is 0 Å². The van der Waals surface area contributed by atoms with Crippen LogP contribution in [0.2, 0.25) is 0 Å². The van der Waals surface area contributed by atoms with Crippen LogP contribution in [0.1, 0.15) is 5.69 Å². The minimum Gasteiger partial charge on any atom is -0.503 e. The Kier molecular flexibility index (Phi) is 3.15. The van der Waals surface area contributed by atoms with Gasteiger partial charge in [-0.05, 0) is 6.92 Å². The van der Waals surface area contributed by atoms with Gasteiger partial charge in [-0.2, -0.15) is 0 Å². The van der Waals surface area contributed by atoms with E-state index in [2.05, 4.69) is 0 Å². The number of rotatable bonds is 3. The Labute approximate surface area is 87.0 Å². The predicted molar refractivity (Wildman–Crippen MR) is 55.1 cm³/mol. The van der Waals surface area contributed by atoms with E-state index in [0.29, 0.717) is 5.69 Å². The molecule has 1 rings (SSSR count). The fraction of sp³-hybridized carbons (Fsp3) is 0.375. The molecule has 0 radical (unpaired) electrons. The first kappa shape index (κ1) is 11.7. The lowest BCUT2D eigenvalue weighted by Gasteiger charge is -2.10. The van der Waals surface area contributed by atoms with Crippen LogP contribution in [0.5, 0.6) is 5.75 Å². The van der Waals surface area contributed by atoms with E-state index in [1.807, 2.05) is 0 Å². The second-order valence-corrected chi connectivity index (χ2v) is 4.91. The van der Waals surface area contributed by atoms with Gasteiger partial charge in [-0.1, -0.05) is 0 Å². The number of aryl methyl sites for hydroxylation is 1. The minimum atomic E-state index is -3.54. The molecule has 0 aromatic carbocycles. The van der Waals surface area contributed by atoms with E-state index in [0.717, 1.165) is 0 Å². The van der Waals surface area contributed by atoms with Gasteiger partial charge >= 0.3 is 0 Å². The van der Waals surface area contributed by atoms with E-state index in [4.69, 9.17) is 5.14 Å². The highest BCUT2D eigenvalue weighted by molar-refractivity contribution is 7.89. The highest BCUT2D eigenvalue weighted by Gasteiger charge is 2.07. The summed E-state index contributed by atoms with van der Waals surface area (Å²) in [7, 11) is -3.54. The van der Waals surface area contributed by atoms with Crippen molar-refractivity contribution in [2.45, 2.75) is 13.5 Å². The average Bonchev–Trinajstić information content (AvgIpc) is 2.12. The molecule has 3 N–H and O–H groups in total. The van der Waals surface area contributed by atoms with Gasteiger partial charge in [0.05, 0.1) is 11.4 Å². The molecule has 0 aliphatic heterocycles. The number of primary sulfonamides is 1. The van der Waals surface area contributed by atoms with Crippen molar-refractivity contribution in [2.24, 2.45) is 5.14 Å². The molecule has 0 saturated carbocycles. The molecule has 0 unspecified atom stereocenters. The minimum absolute atomic E-state index is 0.110. The van der Waals surface area contributed by atoms with Crippen LogP contribution in [0.4, 0.5) is 0 Å². The van der Waals surface area contributed by atoms with E-state index in [-0.39, 0.29) is 18.0 Å². The Morgan fingerprint density at radius 1 is 1.53 bits per heavy atom. The summed E-state index contributed by atoms with van der Waals surface area (Å²) in [6, 6.07) is 1.17. The van der Waals surface area contributed by atoms with Crippen LogP contribution in [0, 0.1) is 6.92 Å². The van der Waals surface area contributed by atoms with E-state index in [1.54, 1.807) is 0 Å². The molecular formula is C8H12N2O4S. The first-order chi connectivity index (χ1) is 6.81. The topological polar surface area (TPSA) is 102 Å². The summed E-state index contributed by atoms with van der Waals surface area (Å²) >= 11 is 0. The maximum atomic E-state index is 11.0. The van der Waals surface area contributed by atoms with Crippen LogP contribution in [0.25, 0.3) is 0 Å². The molecule has 1 aromatic rings. The van der Waals surface area contributed by atoms with Crippen molar-refractivity contribution in [1.82, 2.24) is 4.57 Å². The third-order valence-electron chi connectivity index (χ3n) is 2.03. The van der Waals surface area contributed by atoms with Gasteiger partial charge in [-0.3, -0.25) is 4.79 Å². The zero-order valence-corrected chi connectivity index (χ0v) is 8.99. The highest BCUT2D eigenvalue weighted by Crippen LogP contribution is 2.08. The zero-order valence-electron chi connectivity index (χ0n) is 8.17. The SMILES string of the molecule is Cc1c(O)c(=O)ccn1CCS(N)(=O)=O. The summed E-state index contributed by atoms with van der Waals surface area (Å²) in [6.45, 7) is 1.64.